The number of nitriles is 1. The number of fused-ring (bicyclic) bond motifs is 1. The molecule has 0 aliphatic heterocycles. The molecule has 0 unspecified atom stereocenters. The monoisotopic (exact) mass is 436 g/mol. The Labute approximate surface area is 183 Å². The fourth-order valence-electron chi connectivity index (χ4n) is 3.08. The molecule has 4 rings (SSSR count). The second kappa shape index (κ2) is 8.34. The number of H-pyrrole nitrogens is 1. The van der Waals surface area contributed by atoms with E-state index in [1.54, 1.807) is 29.3 Å². The van der Waals surface area contributed by atoms with Gasteiger partial charge in [-0.1, -0.05) is 11.6 Å². The van der Waals surface area contributed by atoms with Crippen LogP contribution in [0.1, 0.15) is 20.3 Å². The van der Waals surface area contributed by atoms with Crippen molar-refractivity contribution >= 4 is 28.6 Å². The number of rotatable bonds is 7. The number of aromatic nitrogens is 6. The van der Waals surface area contributed by atoms with E-state index in [0.717, 1.165) is 16.5 Å². The quantitative estimate of drug-likeness (QED) is 0.377. The molecule has 0 saturated carbocycles. The van der Waals surface area contributed by atoms with Crippen molar-refractivity contribution in [3.05, 3.63) is 41.9 Å². The molecular weight excluding hydrogens is 416 g/mol. The zero-order chi connectivity index (χ0) is 22.0. The van der Waals surface area contributed by atoms with Gasteiger partial charge in [0, 0.05) is 47.8 Å². The van der Waals surface area contributed by atoms with Crippen LogP contribution in [0.2, 0.25) is 5.02 Å². The summed E-state index contributed by atoms with van der Waals surface area (Å²) >= 11 is 6.29. The number of nitrogens with zero attached hydrogens (tertiary/aromatic N) is 6. The molecular formula is C21H21ClN8O. The fraction of sp³-hybridized carbons (Fsp3) is 0.286. The van der Waals surface area contributed by atoms with Crippen LogP contribution in [0.4, 0.5) is 5.95 Å². The number of hydrogen-bond acceptors (Lipinski definition) is 7. The predicted octanol–water partition coefficient (Wildman–Crippen LogP) is 3.59. The van der Waals surface area contributed by atoms with E-state index < -0.39 is 5.54 Å². The van der Waals surface area contributed by atoms with Gasteiger partial charge in [-0.25, -0.2) is 15.0 Å². The SMILES string of the molecule is CC(C)(CO)n1cc(-c2ccnc(NCCC#N)n2)c(-c2cnc3[nH]cc(Cl)c3c2)n1. The number of nitrogens with one attached hydrogen (secondary N) is 2. The third kappa shape index (κ3) is 4.08. The lowest BCUT2D eigenvalue weighted by Gasteiger charge is -2.22. The first-order chi connectivity index (χ1) is 14.9. The second-order valence-corrected chi connectivity index (χ2v) is 8.07. The zero-order valence-electron chi connectivity index (χ0n) is 17.1. The highest BCUT2D eigenvalue weighted by molar-refractivity contribution is 6.35. The molecule has 4 heterocycles. The maximum Gasteiger partial charge on any atom is 0.223 e. The molecule has 3 N–H and O–H groups in total. The van der Waals surface area contributed by atoms with Crippen LogP contribution in [-0.2, 0) is 5.54 Å². The van der Waals surface area contributed by atoms with Crippen LogP contribution in [0.5, 0.6) is 0 Å². The molecule has 0 aliphatic rings. The standard InChI is InChI=1S/C21H21ClN8O/c1-21(2,12-31)30-11-15(17-4-7-25-20(28-17)24-6-3-5-23)18(29-30)13-8-14-16(22)10-27-19(14)26-9-13/h4,7-11,31H,3,6,12H2,1-2H3,(H,26,27)(H,24,25,28). The summed E-state index contributed by atoms with van der Waals surface area (Å²) in [5.41, 5.74) is 2.93. The number of pyridine rings is 1. The molecule has 158 valence electrons. The fourth-order valence-corrected chi connectivity index (χ4v) is 3.28. The lowest BCUT2D eigenvalue weighted by atomic mass is 10.1. The van der Waals surface area contributed by atoms with Crippen LogP contribution in [0, 0.1) is 11.3 Å². The molecule has 31 heavy (non-hydrogen) atoms. The van der Waals surface area contributed by atoms with Crippen molar-refractivity contribution in [2.45, 2.75) is 25.8 Å². The van der Waals surface area contributed by atoms with Gasteiger partial charge in [0.2, 0.25) is 5.95 Å². The second-order valence-electron chi connectivity index (χ2n) is 7.66. The van der Waals surface area contributed by atoms with E-state index in [1.807, 2.05) is 26.1 Å². The summed E-state index contributed by atoms with van der Waals surface area (Å²) < 4.78 is 1.73. The molecule has 0 radical (unpaired) electrons. The first-order valence-electron chi connectivity index (χ1n) is 9.71. The van der Waals surface area contributed by atoms with Gasteiger partial charge in [-0.3, -0.25) is 4.68 Å². The van der Waals surface area contributed by atoms with Gasteiger partial charge in [0.25, 0.3) is 0 Å². The Morgan fingerprint density at radius 3 is 2.97 bits per heavy atom. The van der Waals surface area contributed by atoms with Crippen LogP contribution in [0.15, 0.2) is 36.9 Å². The highest BCUT2D eigenvalue weighted by Gasteiger charge is 2.24. The Morgan fingerprint density at radius 2 is 2.19 bits per heavy atom. The number of hydrogen-bond donors (Lipinski definition) is 3. The first kappa shape index (κ1) is 20.8. The Morgan fingerprint density at radius 1 is 1.35 bits per heavy atom. The number of anilines is 1. The van der Waals surface area contributed by atoms with E-state index in [4.69, 9.17) is 22.0 Å². The topological polar surface area (TPSA) is 128 Å². The molecule has 0 aromatic carbocycles. The molecule has 0 spiro atoms. The summed E-state index contributed by atoms with van der Waals surface area (Å²) in [5.74, 6) is 0.426. The van der Waals surface area contributed by atoms with Crippen molar-refractivity contribution in [2.75, 3.05) is 18.5 Å². The third-order valence-electron chi connectivity index (χ3n) is 4.93. The molecule has 0 aliphatic carbocycles. The number of aliphatic hydroxyl groups excluding tert-OH is 1. The number of halogens is 1. The Hall–Kier alpha value is -3.48. The molecule has 0 bridgehead atoms. The minimum absolute atomic E-state index is 0.0841. The zero-order valence-corrected chi connectivity index (χ0v) is 17.8. The van der Waals surface area contributed by atoms with E-state index in [0.29, 0.717) is 41.0 Å². The van der Waals surface area contributed by atoms with Gasteiger partial charge < -0.3 is 15.4 Å². The molecule has 9 nitrogen and oxygen atoms in total. The summed E-state index contributed by atoms with van der Waals surface area (Å²) in [7, 11) is 0. The lowest BCUT2D eigenvalue weighted by Crippen LogP contribution is -2.30. The van der Waals surface area contributed by atoms with E-state index in [9.17, 15) is 5.11 Å². The number of aliphatic hydroxyl groups is 1. The van der Waals surface area contributed by atoms with Crippen molar-refractivity contribution in [3.8, 4) is 28.6 Å². The molecule has 0 amide bonds. The Bertz CT molecular complexity index is 1270. The highest BCUT2D eigenvalue weighted by Crippen LogP contribution is 2.34. The van der Waals surface area contributed by atoms with Crippen LogP contribution < -0.4 is 5.32 Å². The van der Waals surface area contributed by atoms with Gasteiger partial charge in [-0.15, -0.1) is 0 Å². The van der Waals surface area contributed by atoms with E-state index >= 15 is 0 Å². The van der Waals surface area contributed by atoms with Gasteiger partial charge in [-0.05, 0) is 26.0 Å². The molecule has 4 aromatic heterocycles. The van der Waals surface area contributed by atoms with Crippen molar-refractivity contribution < 1.29 is 5.11 Å². The average Bonchev–Trinajstić information content (AvgIpc) is 3.39. The third-order valence-corrected chi connectivity index (χ3v) is 5.24. The van der Waals surface area contributed by atoms with Gasteiger partial charge in [0.05, 0.1) is 35.4 Å². The summed E-state index contributed by atoms with van der Waals surface area (Å²) in [6, 6.07) is 5.80. The van der Waals surface area contributed by atoms with E-state index in [2.05, 4.69) is 31.3 Å². The largest absolute Gasteiger partial charge is 0.394 e. The smallest absolute Gasteiger partial charge is 0.223 e. The maximum atomic E-state index is 9.85. The summed E-state index contributed by atoms with van der Waals surface area (Å²) in [5, 5.41) is 27.8. The molecule has 0 saturated heterocycles. The predicted molar refractivity (Wildman–Crippen MR) is 118 cm³/mol. The van der Waals surface area contributed by atoms with Crippen LogP contribution in [0.25, 0.3) is 33.5 Å². The average molecular weight is 437 g/mol. The van der Waals surface area contributed by atoms with Gasteiger partial charge in [0.1, 0.15) is 11.3 Å². The normalized spacial score (nSPS) is 11.6. The van der Waals surface area contributed by atoms with Crippen molar-refractivity contribution in [2.24, 2.45) is 0 Å². The van der Waals surface area contributed by atoms with Gasteiger partial charge in [-0.2, -0.15) is 10.4 Å². The molecule has 0 fully saturated rings. The Balaban J connectivity index is 1.84. The first-order valence-corrected chi connectivity index (χ1v) is 10.1. The number of aromatic amines is 1. The van der Waals surface area contributed by atoms with Gasteiger partial charge in [0.15, 0.2) is 0 Å². The minimum Gasteiger partial charge on any atom is -0.394 e. The molecule has 4 aromatic rings. The van der Waals surface area contributed by atoms with Crippen LogP contribution in [0.3, 0.4) is 0 Å². The highest BCUT2D eigenvalue weighted by atomic mass is 35.5. The van der Waals surface area contributed by atoms with E-state index in [-0.39, 0.29) is 6.61 Å². The van der Waals surface area contributed by atoms with Crippen molar-refractivity contribution in [1.29, 1.82) is 5.26 Å². The summed E-state index contributed by atoms with van der Waals surface area (Å²) in [4.78, 5) is 16.3. The summed E-state index contributed by atoms with van der Waals surface area (Å²) in [6.07, 6.45) is 7.28. The van der Waals surface area contributed by atoms with E-state index in [1.165, 1.54) is 0 Å². The molecule has 0 atom stereocenters. The minimum atomic E-state index is -0.614. The Kier molecular flexibility index (Phi) is 5.59. The molecule has 10 heteroatoms. The van der Waals surface area contributed by atoms with Crippen LogP contribution >= 0.6 is 11.6 Å². The van der Waals surface area contributed by atoms with Crippen LogP contribution in [-0.4, -0.2) is 48.0 Å². The van der Waals surface area contributed by atoms with Gasteiger partial charge >= 0.3 is 0 Å². The maximum absolute atomic E-state index is 9.85. The van der Waals surface area contributed by atoms with Crippen molar-refractivity contribution in [3.63, 3.8) is 0 Å². The summed E-state index contributed by atoms with van der Waals surface area (Å²) in [6.45, 7) is 4.16. The lowest BCUT2D eigenvalue weighted by molar-refractivity contribution is 0.152. The van der Waals surface area contributed by atoms with Crippen molar-refractivity contribution in [1.82, 2.24) is 29.7 Å².